The molecule has 8 nitrogen and oxygen atoms in total. The van der Waals surface area contributed by atoms with Crippen LogP contribution in [0.4, 0.5) is 5.82 Å². The van der Waals surface area contributed by atoms with Crippen LogP contribution >= 0.6 is 11.6 Å². The topological polar surface area (TPSA) is 146 Å². The van der Waals surface area contributed by atoms with Gasteiger partial charge in [0.25, 0.3) is 0 Å². The number of fused-ring (bicyclic) bond motifs is 2. The number of aromatic amines is 1. The van der Waals surface area contributed by atoms with E-state index in [1.807, 2.05) is 22.8 Å². The van der Waals surface area contributed by atoms with Gasteiger partial charge in [0.15, 0.2) is 11.5 Å². The highest BCUT2D eigenvalue weighted by Crippen LogP contribution is 2.26. The third-order valence-corrected chi connectivity index (χ3v) is 4.04. The molecule has 0 spiro atoms. The second-order valence-corrected chi connectivity index (χ2v) is 5.77. The molecule has 124 valence electrons. The molecule has 9 heteroatoms. The molecule has 0 aliphatic rings. The lowest BCUT2D eigenvalue weighted by Crippen LogP contribution is -2.01. The Hall–Kier alpha value is -2.68. The Kier molecular flexibility index (Phi) is 4.10. The molecule has 0 amide bonds. The monoisotopic (exact) mass is 344 g/mol. The van der Waals surface area contributed by atoms with Crippen molar-refractivity contribution in [3.8, 4) is 0 Å². The van der Waals surface area contributed by atoms with Gasteiger partial charge >= 0.3 is 0 Å². The molecule has 0 radical (unpaired) electrons. The van der Waals surface area contributed by atoms with Crippen LogP contribution in [-0.2, 0) is 13.1 Å². The number of hydrogen-bond donors (Lipinski definition) is 4. The number of H-pyrrole nitrogens is 1. The predicted molar refractivity (Wildman–Crippen MR) is 95.1 cm³/mol. The van der Waals surface area contributed by atoms with Gasteiger partial charge in [-0.3, -0.25) is 0 Å². The Labute approximate surface area is 142 Å². The molecule has 0 saturated carbocycles. The van der Waals surface area contributed by atoms with Gasteiger partial charge in [0.1, 0.15) is 11.8 Å². The van der Waals surface area contributed by atoms with E-state index >= 15 is 0 Å². The first-order valence-corrected chi connectivity index (χ1v) is 7.45. The number of rotatable bonds is 3. The van der Waals surface area contributed by atoms with E-state index in [4.69, 9.17) is 23.1 Å². The minimum Gasteiger partial charge on any atom is -0.382 e. The van der Waals surface area contributed by atoms with Crippen LogP contribution in [0.2, 0.25) is 5.02 Å². The molecule has 0 saturated heterocycles. The van der Waals surface area contributed by atoms with Crippen LogP contribution in [0.5, 0.6) is 0 Å². The standard InChI is InChI=1S/C15H14ClN7.H3N/c16-10-1-8-3-11(4-17)22-12(8)9(2-10)5-23-7-21-13-14(18)19-6-20-15(13)23;/h1-3,6-7,22H,4-5,17H2,(H2,18,19,20);1H3. The maximum atomic E-state index is 6.24. The third-order valence-electron chi connectivity index (χ3n) is 3.82. The first-order valence-electron chi connectivity index (χ1n) is 7.07. The van der Waals surface area contributed by atoms with Gasteiger partial charge in [-0.05, 0) is 23.8 Å². The zero-order valence-electron chi connectivity index (χ0n) is 12.8. The lowest BCUT2D eigenvalue weighted by molar-refractivity contribution is 0.816. The summed E-state index contributed by atoms with van der Waals surface area (Å²) >= 11 is 6.24. The molecule has 8 N–H and O–H groups in total. The molecule has 0 atom stereocenters. The first kappa shape index (κ1) is 16.2. The molecule has 0 aliphatic heterocycles. The van der Waals surface area contributed by atoms with Crippen molar-refractivity contribution in [2.24, 2.45) is 5.73 Å². The van der Waals surface area contributed by atoms with E-state index in [0.717, 1.165) is 22.2 Å². The van der Waals surface area contributed by atoms with Gasteiger partial charge in [-0.25, -0.2) is 15.0 Å². The van der Waals surface area contributed by atoms with Crippen LogP contribution < -0.4 is 17.6 Å². The molecule has 4 rings (SSSR count). The maximum Gasteiger partial charge on any atom is 0.165 e. The van der Waals surface area contributed by atoms with Crippen LogP contribution in [0.25, 0.3) is 22.1 Å². The van der Waals surface area contributed by atoms with E-state index in [0.29, 0.717) is 35.1 Å². The Morgan fingerprint density at radius 3 is 2.79 bits per heavy atom. The number of hydrogen-bond acceptors (Lipinski definition) is 6. The van der Waals surface area contributed by atoms with Crippen molar-refractivity contribution < 1.29 is 0 Å². The SMILES string of the molecule is N.NCc1cc2cc(Cl)cc(Cn3cnc4c(N)ncnc43)c2[nH]1. The van der Waals surface area contributed by atoms with Gasteiger partial charge in [0.05, 0.1) is 18.4 Å². The molecule has 0 aliphatic carbocycles. The number of aromatic nitrogens is 5. The molecule has 3 heterocycles. The van der Waals surface area contributed by atoms with Crippen LogP contribution in [0.3, 0.4) is 0 Å². The second kappa shape index (κ2) is 6.08. The fourth-order valence-electron chi connectivity index (χ4n) is 2.77. The summed E-state index contributed by atoms with van der Waals surface area (Å²) in [5.74, 6) is 0.371. The largest absolute Gasteiger partial charge is 0.382 e. The minimum atomic E-state index is 0. The highest BCUT2D eigenvalue weighted by Gasteiger charge is 2.12. The van der Waals surface area contributed by atoms with Gasteiger partial charge in [0, 0.05) is 22.6 Å². The summed E-state index contributed by atoms with van der Waals surface area (Å²) in [4.78, 5) is 15.9. The third kappa shape index (κ3) is 2.56. The molecular formula is C15H17ClN8. The quantitative estimate of drug-likeness (QED) is 0.448. The zero-order chi connectivity index (χ0) is 16.0. The van der Waals surface area contributed by atoms with Gasteiger partial charge in [-0.1, -0.05) is 11.6 Å². The predicted octanol–water partition coefficient (Wildman–Crippen LogP) is 2.21. The van der Waals surface area contributed by atoms with Crippen LogP contribution in [-0.4, -0.2) is 24.5 Å². The Morgan fingerprint density at radius 2 is 2.00 bits per heavy atom. The zero-order valence-corrected chi connectivity index (χ0v) is 13.6. The van der Waals surface area contributed by atoms with E-state index in [9.17, 15) is 0 Å². The van der Waals surface area contributed by atoms with E-state index in [1.54, 1.807) is 6.33 Å². The summed E-state index contributed by atoms with van der Waals surface area (Å²) in [6, 6.07) is 5.86. The molecule has 1 aromatic carbocycles. The van der Waals surface area contributed by atoms with Crippen molar-refractivity contribution in [2.45, 2.75) is 13.1 Å². The van der Waals surface area contributed by atoms with Crippen molar-refractivity contribution in [3.05, 3.63) is 47.1 Å². The number of benzene rings is 1. The summed E-state index contributed by atoms with van der Waals surface area (Å²) in [6.07, 6.45) is 3.14. The Morgan fingerprint density at radius 1 is 1.17 bits per heavy atom. The van der Waals surface area contributed by atoms with Crippen LogP contribution in [0, 0.1) is 0 Å². The van der Waals surface area contributed by atoms with E-state index < -0.39 is 0 Å². The molecule has 0 bridgehead atoms. The first-order chi connectivity index (χ1) is 11.2. The Bertz CT molecular complexity index is 1020. The molecule has 0 fully saturated rings. The van der Waals surface area contributed by atoms with E-state index in [1.165, 1.54) is 6.33 Å². The number of imidazole rings is 1. The van der Waals surface area contributed by atoms with Crippen molar-refractivity contribution in [3.63, 3.8) is 0 Å². The van der Waals surface area contributed by atoms with Gasteiger partial charge in [0.2, 0.25) is 0 Å². The van der Waals surface area contributed by atoms with E-state index in [2.05, 4.69) is 19.9 Å². The van der Waals surface area contributed by atoms with Gasteiger partial charge in [-0.2, -0.15) is 0 Å². The normalized spacial score (nSPS) is 11.1. The van der Waals surface area contributed by atoms with Crippen molar-refractivity contribution in [1.82, 2.24) is 30.7 Å². The fraction of sp³-hybridized carbons (Fsp3) is 0.133. The van der Waals surface area contributed by atoms with Crippen molar-refractivity contribution in [2.75, 3.05) is 5.73 Å². The summed E-state index contributed by atoms with van der Waals surface area (Å²) in [5, 5.41) is 1.71. The average molecular weight is 345 g/mol. The fourth-order valence-corrected chi connectivity index (χ4v) is 3.02. The maximum absolute atomic E-state index is 6.24. The lowest BCUT2D eigenvalue weighted by Gasteiger charge is -2.07. The number of halogens is 1. The summed E-state index contributed by atoms with van der Waals surface area (Å²) in [5.41, 5.74) is 15.8. The molecule has 0 unspecified atom stereocenters. The number of nitrogens with two attached hydrogens (primary N) is 2. The van der Waals surface area contributed by atoms with E-state index in [-0.39, 0.29) is 6.15 Å². The lowest BCUT2D eigenvalue weighted by atomic mass is 10.1. The molecular weight excluding hydrogens is 328 g/mol. The average Bonchev–Trinajstić information content (AvgIpc) is 3.12. The van der Waals surface area contributed by atoms with Crippen LogP contribution in [0.1, 0.15) is 11.3 Å². The minimum absolute atomic E-state index is 0. The van der Waals surface area contributed by atoms with Crippen molar-refractivity contribution in [1.29, 1.82) is 0 Å². The van der Waals surface area contributed by atoms with Gasteiger partial charge < -0.3 is 27.2 Å². The molecule has 24 heavy (non-hydrogen) atoms. The number of nitrogen functional groups attached to an aromatic ring is 1. The number of nitrogens with zero attached hydrogens (tertiary/aromatic N) is 4. The second-order valence-electron chi connectivity index (χ2n) is 5.33. The Balaban J connectivity index is 0.00000169. The molecule has 3 aromatic heterocycles. The molecule has 4 aromatic rings. The highest BCUT2D eigenvalue weighted by atomic mass is 35.5. The summed E-state index contributed by atoms with van der Waals surface area (Å²) in [6.45, 7) is 1.01. The van der Waals surface area contributed by atoms with Crippen molar-refractivity contribution >= 4 is 39.5 Å². The summed E-state index contributed by atoms with van der Waals surface area (Å²) in [7, 11) is 0. The number of anilines is 1. The number of nitrogens with one attached hydrogen (secondary N) is 1. The van der Waals surface area contributed by atoms with Crippen LogP contribution in [0.15, 0.2) is 30.9 Å². The highest BCUT2D eigenvalue weighted by molar-refractivity contribution is 6.31. The van der Waals surface area contributed by atoms with Gasteiger partial charge in [-0.15, -0.1) is 0 Å². The smallest absolute Gasteiger partial charge is 0.165 e. The summed E-state index contributed by atoms with van der Waals surface area (Å²) < 4.78 is 1.92.